The Hall–Kier alpha value is -2.66. The number of furan rings is 1. The molecule has 0 unspecified atom stereocenters. The Balaban J connectivity index is 1.46. The molecule has 1 heterocycles. The molecule has 0 aliphatic carbocycles. The van der Waals surface area contributed by atoms with E-state index in [1.165, 1.54) is 16.0 Å². The Morgan fingerprint density at radius 2 is 1.74 bits per heavy atom. The Morgan fingerprint density at radius 1 is 1.00 bits per heavy atom. The normalized spacial score (nSPS) is 10.6. The van der Waals surface area contributed by atoms with E-state index < -0.39 is 0 Å². The number of aryl methyl sites for hydroxylation is 2. The molecule has 1 aromatic heterocycles. The molecule has 2 aromatic carbocycles. The Labute approximate surface area is 163 Å². The molecule has 0 fully saturated rings. The van der Waals surface area contributed by atoms with Crippen molar-refractivity contribution in [1.82, 2.24) is 5.32 Å². The Kier molecular flexibility index (Phi) is 6.60. The van der Waals surface area contributed by atoms with Crippen LogP contribution in [0.25, 0.3) is 0 Å². The second-order valence-electron chi connectivity index (χ2n) is 6.19. The van der Waals surface area contributed by atoms with Gasteiger partial charge in [-0.2, -0.15) is 0 Å². The van der Waals surface area contributed by atoms with Crippen LogP contribution in [0.15, 0.2) is 70.0 Å². The number of carbonyl (C=O) groups excluding carboxylic acids is 1. The summed E-state index contributed by atoms with van der Waals surface area (Å²) in [6.07, 6.45) is 0. The fourth-order valence-electron chi connectivity index (χ4n) is 2.68. The zero-order valence-corrected chi connectivity index (χ0v) is 16.3. The van der Waals surface area contributed by atoms with E-state index in [2.05, 4.69) is 37.4 Å². The average molecular weight is 381 g/mol. The molecule has 4 nitrogen and oxygen atoms in total. The molecule has 140 valence electrons. The van der Waals surface area contributed by atoms with E-state index in [9.17, 15) is 4.79 Å². The lowest BCUT2D eigenvalue weighted by Crippen LogP contribution is -2.27. The molecule has 3 rings (SSSR count). The summed E-state index contributed by atoms with van der Waals surface area (Å²) in [5.74, 6) is 2.36. The molecule has 0 saturated heterocycles. The number of thioether (sulfide) groups is 1. The van der Waals surface area contributed by atoms with E-state index in [1.807, 2.05) is 36.4 Å². The minimum atomic E-state index is -0.227. The van der Waals surface area contributed by atoms with Gasteiger partial charge >= 0.3 is 0 Å². The van der Waals surface area contributed by atoms with Crippen molar-refractivity contribution in [2.24, 2.45) is 0 Å². The summed E-state index contributed by atoms with van der Waals surface area (Å²) >= 11 is 1.73. The van der Waals surface area contributed by atoms with Crippen molar-refractivity contribution in [1.29, 1.82) is 0 Å². The number of hydrogen-bond donors (Lipinski definition) is 1. The highest BCUT2D eigenvalue weighted by atomic mass is 32.2. The molecule has 27 heavy (non-hydrogen) atoms. The third-order valence-corrected chi connectivity index (χ3v) is 5.41. The zero-order valence-electron chi connectivity index (χ0n) is 15.5. The van der Waals surface area contributed by atoms with Crippen LogP contribution in [-0.4, -0.2) is 19.1 Å². The molecule has 0 spiro atoms. The van der Waals surface area contributed by atoms with Gasteiger partial charge in [0.2, 0.25) is 0 Å². The van der Waals surface area contributed by atoms with Crippen molar-refractivity contribution in [3.63, 3.8) is 0 Å². The van der Waals surface area contributed by atoms with Crippen molar-refractivity contribution >= 4 is 17.7 Å². The van der Waals surface area contributed by atoms with E-state index in [0.717, 1.165) is 11.5 Å². The van der Waals surface area contributed by atoms with Gasteiger partial charge in [-0.25, -0.2) is 0 Å². The summed E-state index contributed by atoms with van der Waals surface area (Å²) in [6.45, 7) is 5.04. The molecule has 0 saturated carbocycles. The molecule has 0 aliphatic rings. The third-order valence-electron chi connectivity index (χ3n) is 4.05. The summed E-state index contributed by atoms with van der Waals surface area (Å²) in [5.41, 5.74) is 2.51. The number of para-hydroxylation sites is 1. The predicted octanol–water partition coefficient (Wildman–Crippen LogP) is 5.00. The van der Waals surface area contributed by atoms with Crippen LogP contribution in [0.1, 0.15) is 27.4 Å². The number of carbonyl (C=O) groups is 1. The van der Waals surface area contributed by atoms with Crippen LogP contribution in [0.2, 0.25) is 0 Å². The summed E-state index contributed by atoms with van der Waals surface area (Å²) in [5, 5.41) is 2.81. The summed E-state index contributed by atoms with van der Waals surface area (Å²) in [4.78, 5) is 13.4. The predicted molar refractivity (Wildman–Crippen MR) is 108 cm³/mol. The molecular formula is C22H23NO3S. The SMILES string of the molecule is Cc1cccc(C)c1SCc1ccc(C(=O)NCCOc2ccccc2)o1. The highest BCUT2D eigenvalue weighted by Gasteiger charge is 2.12. The van der Waals surface area contributed by atoms with Gasteiger partial charge in [0, 0.05) is 4.90 Å². The minimum absolute atomic E-state index is 0.227. The summed E-state index contributed by atoms with van der Waals surface area (Å²) in [6, 6.07) is 19.4. The van der Waals surface area contributed by atoms with Gasteiger partial charge < -0.3 is 14.5 Å². The first-order chi connectivity index (χ1) is 13.1. The van der Waals surface area contributed by atoms with Crippen LogP contribution >= 0.6 is 11.8 Å². The first-order valence-electron chi connectivity index (χ1n) is 8.87. The Bertz CT molecular complexity index is 869. The van der Waals surface area contributed by atoms with E-state index in [0.29, 0.717) is 24.7 Å². The van der Waals surface area contributed by atoms with Gasteiger partial charge in [-0.3, -0.25) is 4.79 Å². The van der Waals surface area contributed by atoms with Crippen LogP contribution in [0, 0.1) is 13.8 Å². The number of amides is 1. The maximum atomic E-state index is 12.2. The van der Waals surface area contributed by atoms with Gasteiger partial charge in [-0.1, -0.05) is 36.4 Å². The number of ether oxygens (including phenoxy) is 1. The quantitative estimate of drug-likeness (QED) is 0.441. The highest BCUT2D eigenvalue weighted by Crippen LogP contribution is 2.29. The third kappa shape index (κ3) is 5.41. The number of rotatable bonds is 8. The monoisotopic (exact) mass is 381 g/mol. The van der Waals surface area contributed by atoms with Crippen LogP contribution in [0.4, 0.5) is 0 Å². The molecule has 1 amide bonds. The fraction of sp³-hybridized carbons (Fsp3) is 0.227. The largest absolute Gasteiger partial charge is 0.492 e. The van der Waals surface area contributed by atoms with Crippen LogP contribution in [0.3, 0.4) is 0 Å². The minimum Gasteiger partial charge on any atom is -0.492 e. The number of benzene rings is 2. The van der Waals surface area contributed by atoms with Crippen LogP contribution in [0.5, 0.6) is 5.75 Å². The smallest absolute Gasteiger partial charge is 0.287 e. The van der Waals surface area contributed by atoms with Gasteiger partial charge in [0.05, 0.1) is 12.3 Å². The van der Waals surface area contributed by atoms with Crippen LogP contribution in [-0.2, 0) is 5.75 Å². The lowest BCUT2D eigenvalue weighted by atomic mass is 10.2. The van der Waals surface area contributed by atoms with E-state index >= 15 is 0 Å². The molecular weight excluding hydrogens is 358 g/mol. The zero-order chi connectivity index (χ0) is 19.1. The number of nitrogens with one attached hydrogen (secondary N) is 1. The molecule has 0 radical (unpaired) electrons. The molecule has 0 aliphatic heterocycles. The molecule has 5 heteroatoms. The van der Waals surface area contributed by atoms with Crippen molar-refractivity contribution < 1.29 is 13.9 Å². The molecule has 1 N–H and O–H groups in total. The van der Waals surface area contributed by atoms with Crippen molar-refractivity contribution in [2.45, 2.75) is 24.5 Å². The maximum Gasteiger partial charge on any atom is 0.287 e. The maximum absolute atomic E-state index is 12.2. The van der Waals surface area contributed by atoms with Gasteiger partial charge in [-0.05, 0) is 49.2 Å². The average Bonchev–Trinajstić information content (AvgIpc) is 3.15. The first-order valence-corrected chi connectivity index (χ1v) is 9.86. The van der Waals surface area contributed by atoms with Crippen molar-refractivity contribution in [3.05, 3.63) is 83.3 Å². The first kappa shape index (κ1) is 19.1. The molecule has 0 bridgehead atoms. The second-order valence-corrected chi connectivity index (χ2v) is 7.18. The lowest BCUT2D eigenvalue weighted by molar-refractivity contribution is 0.0918. The van der Waals surface area contributed by atoms with E-state index in [-0.39, 0.29) is 5.91 Å². The van der Waals surface area contributed by atoms with Gasteiger partial charge in [0.1, 0.15) is 18.1 Å². The standard InChI is InChI=1S/C22H23NO3S/c1-16-7-6-8-17(2)21(16)27-15-19-11-12-20(26-19)22(24)23-13-14-25-18-9-4-3-5-10-18/h3-12H,13-15H2,1-2H3,(H,23,24). The molecule has 0 atom stereocenters. The topological polar surface area (TPSA) is 51.5 Å². The van der Waals surface area contributed by atoms with E-state index in [4.69, 9.17) is 9.15 Å². The lowest BCUT2D eigenvalue weighted by Gasteiger charge is -2.08. The summed E-state index contributed by atoms with van der Waals surface area (Å²) in [7, 11) is 0. The van der Waals surface area contributed by atoms with Gasteiger partial charge in [-0.15, -0.1) is 11.8 Å². The van der Waals surface area contributed by atoms with Gasteiger partial charge in [0.15, 0.2) is 5.76 Å². The van der Waals surface area contributed by atoms with Crippen molar-refractivity contribution in [2.75, 3.05) is 13.2 Å². The van der Waals surface area contributed by atoms with Gasteiger partial charge in [0.25, 0.3) is 5.91 Å². The Morgan fingerprint density at radius 3 is 2.48 bits per heavy atom. The fourth-order valence-corrected chi connectivity index (χ4v) is 3.72. The number of hydrogen-bond acceptors (Lipinski definition) is 4. The van der Waals surface area contributed by atoms with E-state index in [1.54, 1.807) is 17.8 Å². The summed E-state index contributed by atoms with van der Waals surface area (Å²) < 4.78 is 11.2. The second kappa shape index (κ2) is 9.33. The molecule has 3 aromatic rings. The van der Waals surface area contributed by atoms with Crippen molar-refractivity contribution in [3.8, 4) is 5.75 Å². The highest BCUT2D eigenvalue weighted by molar-refractivity contribution is 7.98. The van der Waals surface area contributed by atoms with Crippen LogP contribution < -0.4 is 10.1 Å².